The Labute approximate surface area is 144 Å². The highest BCUT2D eigenvalue weighted by molar-refractivity contribution is 5.92. The van der Waals surface area contributed by atoms with E-state index in [0.717, 1.165) is 38.8 Å². The first-order chi connectivity index (χ1) is 10.7. The van der Waals surface area contributed by atoms with Crippen molar-refractivity contribution < 1.29 is 9.90 Å². The molecular formula is C16H29ClN4O2. The third kappa shape index (κ3) is 5.48. The zero-order valence-electron chi connectivity index (χ0n) is 14.0. The molecule has 1 amide bonds. The fraction of sp³-hybridized carbons (Fsp3) is 0.750. The molecule has 132 valence electrons. The number of hydrogen-bond acceptors (Lipinski definition) is 4. The van der Waals surface area contributed by atoms with Gasteiger partial charge in [0, 0.05) is 19.3 Å². The van der Waals surface area contributed by atoms with Crippen LogP contribution in [0.25, 0.3) is 0 Å². The molecule has 0 saturated carbocycles. The molecule has 2 unspecified atom stereocenters. The number of nitrogens with zero attached hydrogens (tertiary/aromatic N) is 2. The molecule has 0 spiro atoms. The maximum Gasteiger partial charge on any atom is 0.271 e. The molecule has 6 nitrogen and oxygen atoms in total. The molecule has 3 N–H and O–H groups in total. The Morgan fingerprint density at radius 3 is 2.87 bits per heavy atom. The first-order valence-electron chi connectivity index (χ1n) is 8.37. The van der Waals surface area contributed by atoms with Gasteiger partial charge in [-0.1, -0.05) is 26.7 Å². The van der Waals surface area contributed by atoms with Crippen molar-refractivity contribution in [2.24, 2.45) is 5.92 Å². The molecule has 0 aliphatic carbocycles. The number of carbonyl (C=O) groups excluding carboxylic acids is 1. The fourth-order valence-electron chi connectivity index (χ4n) is 3.01. The van der Waals surface area contributed by atoms with Crippen LogP contribution in [-0.2, 0) is 0 Å². The lowest BCUT2D eigenvalue weighted by Gasteiger charge is -2.23. The van der Waals surface area contributed by atoms with Gasteiger partial charge in [0.15, 0.2) is 0 Å². The van der Waals surface area contributed by atoms with Crippen LogP contribution in [0.1, 0.15) is 56.1 Å². The Balaban J connectivity index is 0.00000264. The Morgan fingerprint density at radius 2 is 2.26 bits per heavy atom. The molecular weight excluding hydrogens is 316 g/mol. The second kappa shape index (κ2) is 9.90. The number of aliphatic hydroxyl groups excluding tert-OH is 1. The Morgan fingerprint density at radius 1 is 1.52 bits per heavy atom. The van der Waals surface area contributed by atoms with Crippen LogP contribution in [-0.4, -0.2) is 46.5 Å². The zero-order chi connectivity index (χ0) is 15.9. The summed E-state index contributed by atoms with van der Waals surface area (Å²) in [5, 5.41) is 20.6. The molecule has 1 fully saturated rings. The molecule has 2 rings (SSSR count). The van der Waals surface area contributed by atoms with Crippen LogP contribution in [0.5, 0.6) is 0 Å². The van der Waals surface area contributed by atoms with E-state index >= 15 is 0 Å². The van der Waals surface area contributed by atoms with Gasteiger partial charge in [-0.15, -0.1) is 12.4 Å². The van der Waals surface area contributed by atoms with Crippen LogP contribution in [0.3, 0.4) is 0 Å². The molecule has 1 saturated heterocycles. The molecule has 1 aliphatic rings. The molecule has 0 radical (unpaired) electrons. The summed E-state index contributed by atoms with van der Waals surface area (Å²) in [4.78, 5) is 12.1. The van der Waals surface area contributed by atoms with Crippen molar-refractivity contribution >= 4 is 18.3 Å². The SMILES string of the molecule is CCC(CC)C(O)CNC(=O)c1ccn(C2CCCNC2)n1.Cl. The van der Waals surface area contributed by atoms with Crippen LogP contribution < -0.4 is 10.6 Å². The van der Waals surface area contributed by atoms with Gasteiger partial charge in [-0.05, 0) is 31.4 Å². The van der Waals surface area contributed by atoms with E-state index in [1.54, 1.807) is 6.07 Å². The minimum Gasteiger partial charge on any atom is -0.391 e. The summed E-state index contributed by atoms with van der Waals surface area (Å²) in [6, 6.07) is 2.07. The number of aromatic nitrogens is 2. The molecule has 1 aromatic rings. The monoisotopic (exact) mass is 344 g/mol. The zero-order valence-corrected chi connectivity index (χ0v) is 14.8. The molecule has 0 bridgehead atoms. The van der Waals surface area contributed by atoms with Gasteiger partial charge in [0.1, 0.15) is 5.69 Å². The summed E-state index contributed by atoms with van der Waals surface area (Å²) >= 11 is 0. The van der Waals surface area contributed by atoms with Crippen molar-refractivity contribution in [1.82, 2.24) is 20.4 Å². The fourth-order valence-corrected chi connectivity index (χ4v) is 3.01. The lowest BCUT2D eigenvalue weighted by Crippen LogP contribution is -2.36. The first-order valence-corrected chi connectivity index (χ1v) is 8.37. The molecule has 2 heterocycles. The van der Waals surface area contributed by atoms with E-state index in [4.69, 9.17) is 0 Å². The minimum atomic E-state index is -0.497. The predicted octanol–water partition coefficient (Wildman–Crippen LogP) is 1.76. The first kappa shape index (κ1) is 19.9. The summed E-state index contributed by atoms with van der Waals surface area (Å²) < 4.78 is 1.87. The number of rotatable bonds is 7. The second-order valence-corrected chi connectivity index (χ2v) is 6.04. The number of halogens is 1. The van der Waals surface area contributed by atoms with Gasteiger partial charge in [-0.25, -0.2) is 0 Å². The van der Waals surface area contributed by atoms with Crippen LogP contribution >= 0.6 is 12.4 Å². The van der Waals surface area contributed by atoms with E-state index in [9.17, 15) is 9.90 Å². The number of piperidine rings is 1. The quantitative estimate of drug-likeness (QED) is 0.704. The van der Waals surface area contributed by atoms with Crippen molar-refractivity contribution in [3.63, 3.8) is 0 Å². The van der Waals surface area contributed by atoms with E-state index in [0.29, 0.717) is 11.7 Å². The van der Waals surface area contributed by atoms with E-state index in [2.05, 4.69) is 29.6 Å². The standard InChI is InChI=1S/C16H28N4O2.ClH/c1-3-12(4-2)15(21)11-18-16(22)14-7-9-20(19-14)13-6-5-8-17-10-13;/h7,9,12-13,15,17,21H,3-6,8,10-11H2,1-2H3,(H,18,22);1H. The summed E-state index contributed by atoms with van der Waals surface area (Å²) in [5.41, 5.74) is 0.419. The lowest BCUT2D eigenvalue weighted by atomic mass is 9.96. The Hall–Kier alpha value is -1.11. The van der Waals surface area contributed by atoms with E-state index in [1.807, 2.05) is 10.9 Å². The topological polar surface area (TPSA) is 79.2 Å². The summed E-state index contributed by atoms with van der Waals surface area (Å²) in [7, 11) is 0. The number of hydrogen-bond donors (Lipinski definition) is 3. The van der Waals surface area contributed by atoms with Crippen molar-refractivity contribution in [1.29, 1.82) is 0 Å². The van der Waals surface area contributed by atoms with Crippen molar-refractivity contribution in [2.75, 3.05) is 19.6 Å². The summed E-state index contributed by atoms with van der Waals surface area (Å²) in [5.74, 6) is 0.0127. The van der Waals surface area contributed by atoms with Crippen LogP contribution in [0.2, 0.25) is 0 Å². The molecule has 1 aromatic heterocycles. The van der Waals surface area contributed by atoms with Crippen molar-refractivity contribution in [2.45, 2.75) is 51.7 Å². The van der Waals surface area contributed by atoms with Crippen LogP contribution in [0, 0.1) is 5.92 Å². The number of carbonyl (C=O) groups is 1. The van der Waals surface area contributed by atoms with Gasteiger partial charge in [0.25, 0.3) is 5.91 Å². The maximum absolute atomic E-state index is 12.1. The highest BCUT2D eigenvalue weighted by Crippen LogP contribution is 2.16. The molecule has 1 aliphatic heterocycles. The molecule has 23 heavy (non-hydrogen) atoms. The van der Waals surface area contributed by atoms with Crippen LogP contribution in [0.4, 0.5) is 0 Å². The Bertz CT molecular complexity index is 470. The van der Waals surface area contributed by atoms with Gasteiger partial charge >= 0.3 is 0 Å². The van der Waals surface area contributed by atoms with E-state index in [1.165, 1.54) is 0 Å². The van der Waals surface area contributed by atoms with E-state index < -0.39 is 6.10 Å². The largest absolute Gasteiger partial charge is 0.391 e. The minimum absolute atomic E-state index is 0. The lowest BCUT2D eigenvalue weighted by molar-refractivity contribution is 0.0812. The molecule has 2 atom stereocenters. The normalized spacial score (nSPS) is 19.2. The van der Waals surface area contributed by atoms with Gasteiger partial charge in [0.2, 0.25) is 0 Å². The average Bonchev–Trinajstić information content (AvgIpc) is 3.04. The highest BCUT2D eigenvalue weighted by atomic mass is 35.5. The van der Waals surface area contributed by atoms with Crippen molar-refractivity contribution in [3.05, 3.63) is 18.0 Å². The third-order valence-electron chi connectivity index (χ3n) is 4.55. The summed E-state index contributed by atoms with van der Waals surface area (Å²) in [6.45, 7) is 6.34. The molecule has 0 aromatic carbocycles. The van der Waals surface area contributed by atoms with Crippen LogP contribution in [0.15, 0.2) is 12.3 Å². The van der Waals surface area contributed by atoms with E-state index in [-0.39, 0.29) is 30.8 Å². The molecule has 7 heteroatoms. The summed E-state index contributed by atoms with van der Waals surface area (Å²) in [6.07, 6.45) is 5.41. The second-order valence-electron chi connectivity index (χ2n) is 6.04. The predicted molar refractivity (Wildman–Crippen MR) is 93.0 cm³/mol. The number of nitrogens with one attached hydrogen (secondary N) is 2. The highest BCUT2D eigenvalue weighted by Gasteiger charge is 2.19. The third-order valence-corrected chi connectivity index (χ3v) is 4.55. The Kier molecular flexibility index (Phi) is 8.58. The average molecular weight is 345 g/mol. The maximum atomic E-state index is 12.1. The van der Waals surface area contributed by atoms with Gasteiger partial charge < -0.3 is 15.7 Å². The number of amides is 1. The number of aliphatic hydroxyl groups is 1. The van der Waals surface area contributed by atoms with Gasteiger partial charge in [-0.2, -0.15) is 5.10 Å². The van der Waals surface area contributed by atoms with Gasteiger partial charge in [-0.3, -0.25) is 9.48 Å². The van der Waals surface area contributed by atoms with Crippen molar-refractivity contribution in [3.8, 4) is 0 Å². The van der Waals surface area contributed by atoms with Gasteiger partial charge in [0.05, 0.1) is 12.1 Å². The smallest absolute Gasteiger partial charge is 0.271 e.